The molecule has 0 aliphatic rings. The van der Waals surface area contributed by atoms with E-state index in [-0.39, 0.29) is 5.75 Å². The van der Waals surface area contributed by atoms with Gasteiger partial charge in [-0.2, -0.15) is 0 Å². The van der Waals surface area contributed by atoms with Crippen LogP contribution in [0.4, 0.5) is 8.78 Å². The van der Waals surface area contributed by atoms with Crippen molar-refractivity contribution in [2.24, 2.45) is 0 Å². The molecule has 1 nitrogen and oxygen atoms in total. The van der Waals surface area contributed by atoms with Crippen LogP contribution in [0.1, 0.15) is 0 Å². The topological polar surface area (TPSA) is 9.23 Å². The largest absolute Gasteiger partial charge is 0.442 e. The molecule has 0 bridgehead atoms. The van der Waals surface area contributed by atoms with Gasteiger partial charge in [0.2, 0.25) is 0 Å². The van der Waals surface area contributed by atoms with Crippen LogP contribution >= 0.6 is 34.8 Å². The number of alkyl halides is 3. The number of benzene rings is 1. The van der Waals surface area contributed by atoms with Crippen molar-refractivity contribution in [2.75, 3.05) is 0 Å². The van der Waals surface area contributed by atoms with E-state index >= 15 is 0 Å². The van der Waals surface area contributed by atoms with Crippen molar-refractivity contribution in [1.82, 2.24) is 0 Å². The van der Waals surface area contributed by atoms with Crippen LogP contribution in [0.3, 0.4) is 0 Å². The van der Waals surface area contributed by atoms with E-state index in [0.717, 1.165) is 12.1 Å². The molecule has 0 saturated carbocycles. The molecule has 0 saturated heterocycles. The third kappa shape index (κ3) is 3.55. The monoisotopic (exact) mass is 246 g/mol. The van der Waals surface area contributed by atoms with Gasteiger partial charge < -0.3 is 4.74 Å². The highest BCUT2D eigenvalue weighted by Gasteiger charge is 2.23. The Kier molecular flexibility index (Phi) is 3.22. The summed E-state index contributed by atoms with van der Waals surface area (Å²) < 4.78 is 27.7. The fourth-order valence-electron chi connectivity index (χ4n) is 0.683. The maximum Gasteiger partial charge on any atom is 0.338 e. The van der Waals surface area contributed by atoms with Crippen molar-refractivity contribution in [3.63, 3.8) is 0 Å². The summed E-state index contributed by atoms with van der Waals surface area (Å²) in [6.07, 6.45) is 0. The first-order valence-electron chi connectivity index (χ1n) is 3.09. The van der Waals surface area contributed by atoms with Gasteiger partial charge in [0, 0.05) is 6.07 Å². The summed E-state index contributed by atoms with van der Waals surface area (Å²) in [7, 11) is 0. The van der Waals surface area contributed by atoms with Crippen molar-refractivity contribution in [3.05, 3.63) is 29.8 Å². The quantitative estimate of drug-likeness (QED) is 0.688. The highest BCUT2D eigenvalue weighted by atomic mass is 35.6. The lowest BCUT2D eigenvalue weighted by atomic mass is 10.3. The smallest absolute Gasteiger partial charge is 0.338 e. The molecule has 0 aromatic heterocycles. The molecule has 6 heteroatoms. The van der Waals surface area contributed by atoms with E-state index in [2.05, 4.69) is 4.74 Å². The first-order valence-corrected chi connectivity index (χ1v) is 4.23. The summed E-state index contributed by atoms with van der Waals surface area (Å²) >= 11 is 15.7. The fraction of sp³-hybridized carbons (Fsp3) is 0.143. The molecule has 1 aromatic carbocycles. The average Bonchev–Trinajstić information content (AvgIpc) is 1.93. The van der Waals surface area contributed by atoms with Gasteiger partial charge in [0.15, 0.2) is 11.6 Å². The Balaban J connectivity index is 2.90. The second-order valence-corrected chi connectivity index (χ2v) is 4.30. The fourth-order valence-corrected chi connectivity index (χ4v) is 0.932. The van der Waals surface area contributed by atoms with E-state index in [1.54, 1.807) is 0 Å². The first-order chi connectivity index (χ1) is 5.88. The second kappa shape index (κ2) is 3.86. The van der Waals surface area contributed by atoms with Crippen molar-refractivity contribution < 1.29 is 13.5 Å². The summed E-state index contributed by atoms with van der Waals surface area (Å²) in [5.41, 5.74) is 0. The molecule has 0 radical (unpaired) electrons. The normalized spacial score (nSPS) is 11.5. The van der Waals surface area contributed by atoms with Crippen LogP contribution in [0.2, 0.25) is 0 Å². The molecular formula is C7H3Cl3F2O. The van der Waals surface area contributed by atoms with Gasteiger partial charge in [-0.25, -0.2) is 8.78 Å². The van der Waals surface area contributed by atoms with Gasteiger partial charge in [-0.05, 0) is 46.9 Å². The Morgan fingerprint density at radius 1 is 1.15 bits per heavy atom. The number of rotatable bonds is 1. The van der Waals surface area contributed by atoms with E-state index in [4.69, 9.17) is 34.8 Å². The van der Waals surface area contributed by atoms with Gasteiger partial charge >= 0.3 is 3.98 Å². The molecule has 0 atom stereocenters. The summed E-state index contributed by atoms with van der Waals surface area (Å²) in [4.78, 5) is 0. The zero-order valence-electron chi connectivity index (χ0n) is 6.03. The molecule has 0 amide bonds. The van der Waals surface area contributed by atoms with Crippen LogP contribution in [0.25, 0.3) is 0 Å². The number of halogens is 5. The van der Waals surface area contributed by atoms with E-state index in [9.17, 15) is 8.78 Å². The van der Waals surface area contributed by atoms with Gasteiger partial charge in [-0.15, -0.1) is 0 Å². The molecule has 0 aliphatic carbocycles. The minimum Gasteiger partial charge on any atom is -0.442 e. The van der Waals surface area contributed by atoms with E-state index in [0.29, 0.717) is 6.07 Å². The van der Waals surface area contributed by atoms with Crippen LogP contribution in [0, 0.1) is 11.6 Å². The molecular weight excluding hydrogens is 244 g/mol. The van der Waals surface area contributed by atoms with Gasteiger partial charge in [-0.3, -0.25) is 0 Å². The summed E-state index contributed by atoms with van der Waals surface area (Å²) in [6.45, 7) is 0. The number of ether oxygens (including phenoxy) is 1. The lowest BCUT2D eigenvalue weighted by Gasteiger charge is -2.13. The molecule has 0 spiro atoms. The first kappa shape index (κ1) is 10.8. The summed E-state index contributed by atoms with van der Waals surface area (Å²) in [5, 5.41) is 0. The molecule has 0 unspecified atom stereocenters. The molecule has 1 rings (SSSR count). The zero-order valence-corrected chi connectivity index (χ0v) is 8.30. The Morgan fingerprint density at radius 3 is 2.23 bits per heavy atom. The Labute approximate surface area is 88.2 Å². The summed E-state index contributed by atoms with van der Waals surface area (Å²) in [6, 6.07) is 2.66. The molecule has 0 fully saturated rings. The lowest BCUT2D eigenvalue weighted by molar-refractivity contribution is 0.302. The molecule has 0 aliphatic heterocycles. The van der Waals surface area contributed by atoms with Crippen molar-refractivity contribution >= 4 is 34.8 Å². The number of hydrogen-bond donors (Lipinski definition) is 0. The van der Waals surface area contributed by atoms with Crippen molar-refractivity contribution in [3.8, 4) is 5.75 Å². The second-order valence-electron chi connectivity index (χ2n) is 2.12. The molecule has 0 heterocycles. The van der Waals surface area contributed by atoms with Crippen LogP contribution in [-0.4, -0.2) is 3.98 Å². The Morgan fingerprint density at radius 2 is 1.77 bits per heavy atom. The zero-order chi connectivity index (χ0) is 10.1. The maximum absolute atomic E-state index is 12.8. The van der Waals surface area contributed by atoms with Crippen molar-refractivity contribution in [2.45, 2.75) is 3.98 Å². The van der Waals surface area contributed by atoms with Crippen molar-refractivity contribution in [1.29, 1.82) is 0 Å². The molecule has 1 aromatic rings. The SMILES string of the molecule is Fc1ccc(OC(Cl)(Cl)Cl)c(F)c1. The summed E-state index contributed by atoms with van der Waals surface area (Å²) in [5.74, 6) is -1.97. The molecule has 72 valence electrons. The number of hydrogen-bond acceptors (Lipinski definition) is 1. The highest BCUT2D eigenvalue weighted by Crippen LogP contribution is 2.31. The van der Waals surface area contributed by atoms with Crippen LogP contribution in [-0.2, 0) is 0 Å². The van der Waals surface area contributed by atoms with E-state index < -0.39 is 15.6 Å². The third-order valence-electron chi connectivity index (χ3n) is 1.12. The van der Waals surface area contributed by atoms with Gasteiger partial charge in [-0.1, -0.05) is 0 Å². The average molecular weight is 247 g/mol. The minimum atomic E-state index is -2.06. The molecule has 13 heavy (non-hydrogen) atoms. The lowest BCUT2D eigenvalue weighted by Crippen LogP contribution is -2.13. The van der Waals surface area contributed by atoms with Crippen LogP contribution in [0.15, 0.2) is 18.2 Å². The Bertz CT molecular complexity index is 311. The van der Waals surface area contributed by atoms with Gasteiger partial charge in [0.1, 0.15) is 5.82 Å². The van der Waals surface area contributed by atoms with Gasteiger partial charge in [0.25, 0.3) is 0 Å². The predicted molar refractivity (Wildman–Crippen MR) is 47.3 cm³/mol. The predicted octanol–water partition coefficient (Wildman–Crippen LogP) is 3.67. The minimum absolute atomic E-state index is 0.318. The highest BCUT2D eigenvalue weighted by molar-refractivity contribution is 6.66. The van der Waals surface area contributed by atoms with Gasteiger partial charge in [0.05, 0.1) is 0 Å². The van der Waals surface area contributed by atoms with E-state index in [1.807, 2.05) is 0 Å². The van der Waals surface area contributed by atoms with Crippen LogP contribution in [0.5, 0.6) is 5.75 Å². The standard InChI is InChI=1S/C7H3Cl3F2O/c8-7(9,10)13-6-2-1-4(11)3-5(6)12/h1-3H. The Hall–Kier alpha value is -0.250. The van der Waals surface area contributed by atoms with Crippen LogP contribution < -0.4 is 4.74 Å². The van der Waals surface area contributed by atoms with E-state index in [1.165, 1.54) is 0 Å². The third-order valence-corrected chi connectivity index (χ3v) is 1.35. The molecule has 0 N–H and O–H groups in total. The maximum atomic E-state index is 12.8.